The smallest absolute Gasteiger partial charge is 0.210 e. The summed E-state index contributed by atoms with van der Waals surface area (Å²) in [5, 5.41) is 20.8. The minimum Gasteiger partial charge on any atom is -0.330 e. The van der Waals surface area contributed by atoms with E-state index in [0.717, 1.165) is 20.9 Å². The van der Waals surface area contributed by atoms with Crippen LogP contribution in [0.1, 0.15) is 17.5 Å². The van der Waals surface area contributed by atoms with Crippen molar-refractivity contribution in [2.75, 3.05) is 11.1 Å². The zero-order valence-electron chi connectivity index (χ0n) is 10.8. The van der Waals surface area contributed by atoms with Crippen LogP contribution in [0.25, 0.3) is 0 Å². The number of thioether (sulfide) groups is 1. The molecule has 1 heterocycles. The molecular weight excluding hydrogens is 276 g/mol. The summed E-state index contributed by atoms with van der Waals surface area (Å²) < 4.78 is 0.892. The fourth-order valence-corrected chi connectivity index (χ4v) is 3.18. The molecule has 4 nitrogen and oxygen atoms in total. The highest BCUT2D eigenvalue weighted by molar-refractivity contribution is 8.01. The highest BCUT2D eigenvalue weighted by Gasteiger charge is 2.07. The van der Waals surface area contributed by atoms with E-state index in [9.17, 15) is 0 Å². The van der Waals surface area contributed by atoms with Gasteiger partial charge in [0.25, 0.3) is 0 Å². The van der Waals surface area contributed by atoms with E-state index < -0.39 is 0 Å². The molecule has 0 saturated heterocycles. The van der Waals surface area contributed by atoms with Crippen molar-refractivity contribution in [3.63, 3.8) is 0 Å². The monoisotopic (exact) mass is 290 g/mol. The van der Waals surface area contributed by atoms with E-state index >= 15 is 0 Å². The van der Waals surface area contributed by atoms with Gasteiger partial charge in [-0.3, -0.25) is 0 Å². The molecule has 0 bridgehead atoms. The standard InChI is InChI=1S/C13H14N4S2/c1-9-5-3-6-11(10(9)2)15-12-16-17-13(19-12)18-8-4-7-14/h3,5-6H,4,8H2,1-2H3,(H,15,16). The van der Waals surface area contributed by atoms with Crippen LogP contribution in [0.4, 0.5) is 10.8 Å². The first-order chi connectivity index (χ1) is 9.20. The lowest BCUT2D eigenvalue weighted by Crippen LogP contribution is -1.94. The average molecular weight is 290 g/mol. The lowest BCUT2D eigenvalue weighted by molar-refractivity contribution is 1.01. The number of rotatable bonds is 5. The van der Waals surface area contributed by atoms with Gasteiger partial charge in [0.1, 0.15) is 0 Å². The Kier molecular flexibility index (Phi) is 4.77. The quantitative estimate of drug-likeness (QED) is 0.668. The maximum Gasteiger partial charge on any atom is 0.210 e. The van der Waals surface area contributed by atoms with Crippen LogP contribution in [0.5, 0.6) is 0 Å². The summed E-state index contributed by atoms with van der Waals surface area (Å²) >= 11 is 3.08. The first-order valence-corrected chi connectivity index (χ1v) is 7.67. The highest BCUT2D eigenvalue weighted by atomic mass is 32.2. The lowest BCUT2D eigenvalue weighted by Gasteiger charge is -2.08. The van der Waals surface area contributed by atoms with E-state index in [2.05, 4.69) is 41.5 Å². The minimum absolute atomic E-state index is 0.532. The van der Waals surface area contributed by atoms with E-state index in [0.29, 0.717) is 6.42 Å². The summed E-state index contributed by atoms with van der Waals surface area (Å²) in [6.45, 7) is 4.17. The molecule has 2 aromatic rings. The molecule has 0 amide bonds. The van der Waals surface area contributed by atoms with Crippen LogP contribution in [0.15, 0.2) is 22.5 Å². The van der Waals surface area contributed by atoms with Gasteiger partial charge in [-0.15, -0.1) is 10.2 Å². The molecule has 1 N–H and O–H groups in total. The first kappa shape index (κ1) is 13.8. The van der Waals surface area contributed by atoms with Gasteiger partial charge in [0.15, 0.2) is 4.34 Å². The number of hydrogen-bond acceptors (Lipinski definition) is 6. The largest absolute Gasteiger partial charge is 0.330 e. The highest BCUT2D eigenvalue weighted by Crippen LogP contribution is 2.29. The van der Waals surface area contributed by atoms with Crippen molar-refractivity contribution in [3.05, 3.63) is 29.3 Å². The molecule has 0 aliphatic rings. The predicted molar refractivity (Wildman–Crippen MR) is 80.1 cm³/mol. The third-order valence-electron chi connectivity index (χ3n) is 2.69. The van der Waals surface area contributed by atoms with Crippen LogP contribution in [0, 0.1) is 25.2 Å². The van der Waals surface area contributed by atoms with Gasteiger partial charge in [0, 0.05) is 17.9 Å². The summed E-state index contributed by atoms with van der Waals surface area (Å²) in [5.74, 6) is 0.759. The topological polar surface area (TPSA) is 61.6 Å². The van der Waals surface area contributed by atoms with Crippen molar-refractivity contribution < 1.29 is 0 Å². The average Bonchev–Trinajstić information content (AvgIpc) is 2.83. The summed E-state index contributed by atoms with van der Waals surface area (Å²) in [4.78, 5) is 0. The van der Waals surface area contributed by atoms with Crippen molar-refractivity contribution >= 4 is 33.9 Å². The van der Waals surface area contributed by atoms with Gasteiger partial charge in [-0.2, -0.15) is 5.26 Å². The van der Waals surface area contributed by atoms with Gasteiger partial charge in [-0.1, -0.05) is 35.2 Å². The number of nitriles is 1. The lowest BCUT2D eigenvalue weighted by atomic mass is 10.1. The molecule has 0 aliphatic heterocycles. The van der Waals surface area contributed by atoms with Crippen LogP contribution < -0.4 is 5.32 Å². The third kappa shape index (κ3) is 3.69. The van der Waals surface area contributed by atoms with Gasteiger partial charge >= 0.3 is 0 Å². The molecule has 0 radical (unpaired) electrons. The summed E-state index contributed by atoms with van der Waals surface area (Å²) in [7, 11) is 0. The number of hydrogen-bond donors (Lipinski definition) is 1. The molecule has 19 heavy (non-hydrogen) atoms. The first-order valence-electron chi connectivity index (χ1n) is 5.87. The summed E-state index contributed by atoms with van der Waals surface area (Å²) in [6.07, 6.45) is 0.532. The fraction of sp³-hybridized carbons (Fsp3) is 0.308. The number of aromatic nitrogens is 2. The van der Waals surface area contributed by atoms with Crippen LogP contribution >= 0.6 is 23.1 Å². The fourth-order valence-electron chi connectivity index (χ4n) is 1.50. The Labute approximate surface area is 120 Å². The molecule has 2 rings (SSSR count). The molecule has 0 aliphatic carbocycles. The molecule has 0 saturated carbocycles. The Morgan fingerprint density at radius 3 is 3.00 bits per heavy atom. The minimum atomic E-state index is 0.532. The molecule has 1 aromatic carbocycles. The molecule has 98 valence electrons. The molecular formula is C13H14N4S2. The Bertz CT molecular complexity index is 601. The second-order valence-corrected chi connectivity index (χ2v) is 6.32. The molecule has 0 unspecified atom stereocenters. The van der Waals surface area contributed by atoms with E-state index in [1.807, 2.05) is 12.1 Å². The third-order valence-corrected chi connectivity index (χ3v) is 4.67. The molecule has 6 heteroatoms. The molecule has 0 fully saturated rings. The summed E-state index contributed by atoms with van der Waals surface area (Å²) in [6, 6.07) is 8.26. The van der Waals surface area contributed by atoms with Crippen molar-refractivity contribution in [1.29, 1.82) is 5.26 Å². The maximum absolute atomic E-state index is 8.49. The Morgan fingerprint density at radius 2 is 2.21 bits per heavy atom. The van der Waals surface area contributed by atoms with Gasteiger partial charge in [0.2, 0.25) is 5.13 Å². The van der Waals surface area contributed by atoms with Gasteiger partial charge < -0.3 is 5.32 Å². The Hall–Kier alpha value is -1.58. The molecule has 0 spiro atoms. The van der Waals surface area contributed by atoms with Gasteiger partial charge in [-0.05, 0) is 31.0 Å². The predicted octanol–water partition coefficient (Wildman–Crippen LogP) is 3.90. The van der Waals surface area contributed by atoms with E-state index in [1.54, 1.807) is 11.8 Å². The summed E-state index contributed by atoms with van der Waals surface area (Å²) in [5.41, 5.74) is 3.53. The van der Waals surface area contributed by atoms with E-state index in [-0.39, 0.29) is 0 Å². The van der Waals surface area contributed by atoms with Crippen LogP contribution in [-0.4, -0.2) is 16.0 Å². The zero-order chi connectivity index (χ0) is 13.7. The van der Waals surface area contributed by atoms with E-state index in [4.69, 9.17) is 5.26 Å². The molecule has 0 atom stereocenters. The normalized spacial score (nSPS) is 10.2. The Morgan fingerprint density at radius 1 is 1.37 bits per heavy atom. The van der Waals surface area contributed by atoms with Crippen LogP contribution in [0.2, 0.25) is 0 Å². The van der Waals surface area contributed by atoms with Crippen LogP contribution in [-0.2, 0) is 0 Å². The number of benzene rings is 1. The zero-order valence-corrected chi connectivity index (χ0v) is 12.4. The number of aryl methyl sites for hydroxylation is 1. The van der Waals surface area contributed by atoms with Gasteiger partial charge in [-0.25, -0.2) is 0 Å². The van der Waals surface area contributed by atoms with Crippen molar-refractivity contribution in [2.24, 2.45) is 0 Å². The van der Waals surface area contributed by atoms with Crippen molar-refractivity contribution in [1.82, 2.24) is 10.2 Å². The van der Waals surface area contributed by atoms with Gasteiger partial charge in [0.05, 0.1) is 6.07 Å². The van der Waals surface area contributed by atoms with Crippen molar-refractivity contribution in [2.45, 2.75) is 24.6 Å². The second kappa shape index (κ2) is 6.55. The second-order valence-electron chi connectivity index (χ2n) is 4.00. The SMILES string of the molecule is Cc1cccc(Nc2nnc(SCCC#N)s2)c1C. The van der Waals surface area contributed by atoms with Crippen LogP contribution in [0.3, 0.4) is 0 Å². The van der Waals surface area contributed by atoms with E-state index in [1.165, 1.54) is 22.5 Å². The maximum atomic E-state index is 8.49. The van der Waals surface area contributed by atoms with Crippen molar-refractivity contribution in [3.8, 4) is 6.07 Å². The number of nitrogens with one attached hydrogen (secondary N) is 1. The number of anilines is 2. The molecule has 1 aromatic heterocycles. The number of nitrogens with zero attached hydrogens (tertiary/aromatic N) is 3. The Balaban J connectivity index is 2.04.